The fourth-order valence-corrected chi connectivity index (χ4v) is 2.44. The van der Waals surface area contributed by atoms with Gasteiger partial charge in [-0.3, -0.25) is 10.2 Å². The van der Waals surface area contributed by atoms with E-state index in [0.717, 1.165) is 11.3 Å². The summed E-state index contributed by atoms with van der Waals surface area (Å²) < 4.78 is 5.62. The number of carbonyl (C=O) groups excluding carboxylic acids is 1. The third-order valence-corrected chi connectivity index (χ3v) is 3.48. The molecule has 1 aromatic carbocycles. The summed E-state index contributed by atoms with van der Waals surface area (Å²) in [6, 6.07) is 7.63. The summed E-state index contributed by atoms with van der Waals surface area (Å²) >= 11 is 0. The molecule has 1 heterocycles. The van der Waals surface area contributed by atoms with Crippen molar-refractivity contribution in [2.75, 3.05) is 0 Å². The number of nitrogens with two attached hydrogens (primary N) is 1. The Labute approximate surface area is 119 Å². The van der Waals surface area contributed by atoms with Crippen LogP contribution in [-0.2, 0) is 4.79 Å². The first-order valence-electron chi connectivity index (χ1n) is 6.81. The maximum atomic E-state index is 11.6. The van der Waals surface area contributed by atoms with Crippen LogP contribution in [0.4, 0.5) is 0 Å². The Morgan fingerprint density at radius 3 is 2.50 bits per heavy atom. The van der Waals surface area contributed by atoms with E-state index in [2.05, 4.69) is 16.3 Å². The molecule has 6 heteroatoms. The summed E-state index contributed by atoms with van der Waals surface area (Å²) in [5, 5.41) is 0. The van der Waals surface area contributed by atoms with Crippen molar-refractivity contribution in [1.82, 2.24) is 16.3 Å². The fraction of sp³-hybridized carbons (Fsp3) is 0.500. The molecule has 3 unspecified atom stereocenters. The smallest absolute Gasteiger partial charge is 0.252 e. The lowest BCUT2D eigenvalue weighted by Crippen LogP contribution is -2.47. The molecule has 6 nitrogen and oxygen atoms in total. The van der Waals surface area contributed by atoms with Crippen LogP contribution in [0.2, 0.25) is 0 Å². The quantitative estimate of drug-likeness (QED) is 0.368. The third-order valence-electron chi connectivity index (χ3n) is 3.48. The second-order valence-electron chi connectivity index (χ2n) is 5.35. The zero-order valence-corrected chi connectivity index (χ0v) is 12.0. The van der Waals surface area contributed by atoms with Crippen LogP contribution in [0.5, 0.6) is 5.75 Å². The lowest BCUT2D eigenvalue weighted by atomic mass is 9.91. The Balaban J connectivity index is 2.07. The van der Waals surface area contributed by atoms with Crippen molar-refractivity contribution in [3.63, 3.8) is 0 Å². The molecule has 1 amide bonds. The molecule has 20 heavy (non-hydrogen) atoms. The van der Waals surface area contributed by atoms with E-state index in [0.29, 0.717) is 0 Å². The molecule has 2 rings (SSSR count). The van der Waals surface area contributed by atoms with Crippen LogP contribution in [0.1, 0.15) is 32.4 Å². The Kier molecular flexibility index (Phi) is 4.59. The average Bonchev–Trinajstić information content (AvgIpc) is 2.80. The van der Waals surface area contributed by atoms with E-state index < -0.39 is 0 Å². The summed E-state index contributed by atoms with van der Waals surface area (Å²) in [7, 11) is 0. The van der Waals surface area contributed by atoms with E-state index >= 15 is 0 Å². The summed E-state index contributed by atoms with van der Waals surface area (Å²) in [4.78, 5) is 11.6. The number of hydrazine groups is 2. The first-order valence-corrected chi connectivity index (χ1v) is 6.81. The molecule has 0 aliphatic carbocycles. The molecule has 1 aliphatic heterocycles. The molecular formula is C14H22N4O2. The highest BCUT2D eigenvalue weighted by Gasteiger charge is 2.37. The predicted molar refractivity (Wildman–Crippen MR) is 76.5 cm³/mol. The van der Waals surface area contributed by atoms with E-state index in [4.69, 9.17) is 10.6 Å². The topological polar surface area (TPSA) is 88.4 Å². The minimum absolute atomic E-state index is 0.0606. The van der Waals surface area contributed by atoms with Crippen LogP contribution in [0, 0.1) is 5.92 Å². The molecule has 5 N–H and O–H groups in total. The molecule has 0 bridgehead atoms. The standard InChI is InChI=1S/C14H22N4O2/c1-8(2)20-11-6-4-10(5-7-11)12-9(3)13(18-17-12)14(19)16-15/h4-9,12-13,17-18H,15H2,1-3H3,(H,16,19). The van der Waals surface area contributed by atoms with Gasteiger partial charge in [0, 0.05) is 5.92 Å². The van der Waals surface area contributed by atoms with Crippen LogP contribution in [-0.4, -0.2) is 18.1 Å². The zero-order valence-electron chi connectivity index (χ0n) is 12.0. The first-order chi connectivity index (χ1) is 9.52. The Morgan fingerprint density at radius 2 is 1.95 bits per heavy atom. The molecule has 0 saturated carbocycles. The first kappa shape index (κ1) is 14.8. The van der Waals surface area contributed by atoms with Gasteiger partial charge < -0.3 is 4.74 Å². The molecule has 0 spiro atoms. The van der Waals surface area contributed by atoms with Crippen LogP contribution in [0.15, 0.2) is 24.3 Å². The monoisotopic (exact) mass is 278 g/mol. The molecule has 1 aliphatic rings. The number of nitrogens with one attached hydrogen (secondary N) is 3. The van der Waals surface area contributed by atoms with E-state index in [1.54, 1.807) is 0 Å². The molecule has 1 saturated heterocycles. The van der Waals surface area contributed by atoms with Crippen molar-refractivity contribution in [3.8, 4) is 5.75 Å². The maximum Gasteiger partial charge on any atom is 0.252 e. The minimum atomic E-state index is -0.336. The molecule has 0 radical (unpaired) electrons. The van der Waals surface area contributed by atoms with Gasteiger partial charge in [-0.1, -0.05) is 19.1 Å². The van der Waals surface area contributed by atoms with Crippen LogP contribution >= 0.6 is 0 Å². The van der Waals surface area contributed by atoms with Crippen molar-refractivity contribution < 1.29 is 9.53 Å². The van der Waals surface area contributed by atoms with Gasteiger partial charge in [0.05, 0.1) is 12.1 Å². The maximum absolute atomic E-state index is 11.6. The van der Waals surface area contributed by atoms with E-state index in [-0.39, 0.29) is 30.0 Å². The van der Waals surface area contributed by atoms with Gasteiger partial charge in [0.25, 0.3) is 5.91 Å². The second-order valence-corrected chi connectivity index (χ2v) is 5.35. The highest BCUT2D eigenvalue weighted by Crippen LogP contribution is 2.29. The Hall–Kier alpha value is -1.63. The van der Waals surface area contributed by atoms with Gasteiger partial charge in [0.15, 0.2) is 0 Å². The minimum Gasteiger partial charge on any atom is -0.491 e. The summed E-state index contributed by atoms with van der Waals surface area (Å²) in [6.07, 6.45) is 0.156. The SMILES string of the molecule is CC(C)Oc1ccc(C2NNC(C(=O)NN)C2C)cc1. The van der Waals surface area contributed by atoms with E-state index in [1.807, 2.05) is 45.0 Å². The molecule has 1 aromatic rings. The van der Waals surface area contributed by atoms with Gasteiger partial charge >= 0.3 is 0 Å². The molecular weight excluding hydrogens is 256 g/mol. The zero-order chi connectivity index (χ0) is 14.7. The van der Waals surface area contributed by atoms with Gasteiger partial charge in [-0.05, 0) is 31.5 Å². The van der Waals surface area contributed by atoms with Crippen LogP contribution in [0.3, 0.4) is 0 Å². The van der Waals surface area contributed by atoms with Crippen LogP contribution in [0.25, 0.3) is 0 Å². The number of rotatable bonds is 4. The number of hydrogen-bond donors (Lipinski definition) is 4. The number of benzene rings is 1. The van der Waals surface area contributed by atoms with Crippen LogP contribution < -0.4 is 26.9 Å². The van der Waals surface area contributed by atoms with Crippen molar-refractivity contribution >= 4 is 5.91 Å². The van der Waals surface area contributed by atoms with Crippen molar-refractivity contribution in [2.24, 2.45) is 11.8 Å². The van der Waals surface area contributed by atoms with Crippen molar-refractivity contribution in [3.05, 3.63) is 29.8 Å². The Bertz CT molecular complexity index is 461. The number of carbonyl (C=O) groups is 1. The Morgan fingerprint density at radius 1 is 1.30 bits per heavy atom. The average molecular weight is 278 g/mol. The summed E-state index contributed by atoms with van der Waals surface area (Å²) in [5.74, 6) is 5.90. The van der Waals surface area contributed by atoms with Gasteiger partial charge in [-0.15, -0.1) is 0 Å². The number of amides is 1. The van der Waals surface area contributed by atoms with Crippen molar-refractivity contribution in [1.29, 1.82) is 0 Å². The molecule has 0 aromatic heterocycles. The molecule has 110 valence electrons. The summed E-state index contributed by atoms with van der Waals surface area (Å²) in [6.45, 7) is 6.00. The fourth-order valence-electron chi connectivity index (χ4n) is 2.44. The largest absolute Gasteiger partial charge is 0.491 e. The molecule has 3 atom stereocenters. The molecule has 1 fully saturated rings. The lowest BCUT2D eigenvalue weighted by Gasteiger charge is -2.18. The normalized spacial score (nSPS) is 25.8. The van der Waals surface area contributed by atoms with Gasteiger partial charge in [0.2, 0.25) is 0 Å². The van der Waals surface area contributed by atoms with Crippen molar-refractivity contribution in [2.45, 2.75) is 39.0 Å². The third kappa shape index (κ3) is 3.09. The number of hydrogen-bond acceptors (Lipinski definition) is 5. The predicted octanol–water partition coefficient (Wildman–Crippen LogP) is 0.617. The summed E-state index contributed by atoms with van der Waals surface area (Å²) in [5.41, 5.74) is 9.40. The van der Waals surface area contributed by atoms with Gasteiger partial charge in [0.1, 0.15) is 11.8 Å². The van der Waals surface area contributed by atoms with Gasteiger partial charge in [-0.25, -0.2) is 16.7 Å². The highest BCUT2D eigenvalue weighted by molar-refractivity contribution is 5.81. The van der Waals surface area contributed by atoms with E-state index in [9.17, 15) is 4.79 Å². The van der Waals surface area contributed by atoms with E-state index in [1.165, 1.54) is 0 Å². The lowest BCUT2D eigenvalue weighted by molar-refractivity contribution is -0.123. The highest BCUT2D eigenvalue weighted by atomic mass is 16.5. The number of ether oxygens (including phenoxy) is 1. The second kappa shape index (κ2) is 6.21. The van der Waals surface area contributed by atoms with Gasteiger partial charge in [-0.2, -0.15) is 0 Å².